The summed E-state index contributed by atoms with van der Waals surface area (Å²) in [6.07, 6.45) is -1.12. The first-order valence-corrected chi connectivity index (χ1v) is 9.95. The Morgan fingerprint density at radius 3 is 2.81 bits per heavy atom. The molecular formula is C19H20F3N7O2. The monoisotopic (exact) mass is 435 g/mol. The van der Waals surface area contributed by atoms with E-state index in [1.54, 1.807) is 15.9 Å². The normalized spacial score (nSPS) is 23.0. The van der Waals surface area contributed by atoms with Crippen LogP contribution in [0.25, 0.3) is 0 Å². The molecule has 2 saturated heterocycles. The molecule has 2 unspecified atom stereocenters. The molecule has 3 aliphatic heterocycles. The van der Waals surface area contributed by atoms with Crippen molar-refractivity contribution in [2.24, 2.45) is 0 Å². The van der Waals surface area contributed by atoms with Crippen molar-refractivity contribution < 1.29 is 22.7 Å². The van der Waals surface area contributed by atoms with Crippen LogP contribution >= 0.6 is 0 Å². The molecule has 0 aliphatic carbocycles. The molecule has 2 amide bonds. The second-order valence-corrected chi connectivity index (χ2v) is 7.64. The number of anilines is 4. The molecule has 9 nitrogen and oxygen atoms in total. The van der Waals surface area contributed by atoms with E-state index in [0.717, 1.165) is 18.7 Å². The van der Waals surface area contributed by atoms with Crippen LogP contribution in [-0.4, -0.2) is 72.1 Å². The smallest absolute Gasteiger partial charge is 0.366 e. The highest BCUT2D eigenvalue weighted by atomic mass is 19.4. The van der Waals surface area contributed by atoms with E-state index in [2.05, 4.69) is 25.2 Å². The molecule has 2 aromatic heterocycles. The minimum atomic E-state index is -4.44. The summed E-state index contributed by atoms with van der Waals surface area (Å²) in [6, 6.07) is 3.04. The number of urea groups is 1. The fourth-order valence-corrected chi connectivity index (χ4v) is 4.23. The quantitative estimate of drug-likeness (QED) is 0.775. The molecule has 0 saturated carbocycles. The summed E-state index contributed by atoms with van der Waals surface area (Å²) >= 11 is 0. The van der Waals surface area contributed by atoms with Gasteiger partial charge in [-0.2, -0.15) is 13.2 Å². The van der Waals surface area contributed by atoms with Gasteiger partial charge in [0.05, 0.1) is 31.1 Å². The number of carbonyl (C=O) groups excluding carboxylic acids is 1. The predicted octanol–water partition coefficient (Wildman–Crippen LogP) is 2.27. The largest absolute Gasteiger partial charge is 0.416 e. The predicted molar refractivity (Wildman–Crippen MR) is 106 cm³/mol. The lowest BCUT2D eigenvalue weighted by molar-refractivity contribution is -0.221. The molecule has 5 heterocycles. The van der Waals surface area contributed by atoms with Gasteiger partial charge in [0, 0.05) is 32.0 Å². The Morgan fingerprint density at radius 2 is 2.03 bits per heavy atom. The van der Waals surface area contributed by atoms with Gasteiger partial charge >= 0.3 is 12.2 Å². The highest BCUT2D eigenvalue weighted by Crippen LogP contribution is 2.40. The highest BCUT2D eigenvalue weighted by molar-refractivity contribution is 6.04. The van der Waals surface area contributed by atoms with E-state index in [4.69, 9.17) is 4.74 Å². The molecule has 1 N–H and O–H groups in total. The molecule has 2 atom stereocenters. The number of pyridine rings is 1. The fraction of sp³-hybridized carbons (Fsp3) is 0.474. The minimum Gasteiger partial charge on any atom is -0.366 e. The lowest BCUT2D eigenvalue weighted by atomic mass is 10.2. The summed E-state index contributed by atoms with van der Waals surface area (Å²) in [5.41, 5.74) is 0.785. The van der Waals surface area contributed by atoms with E-state index in [1.807, 2.05) is 6.07 Å². The van der Waals surface area contributed by atoms with Gasteiger partial charge in [0.25, 0.3) is 0 Å². The number of nitrogens with zero attached hydrogens (tertiary/aromatic N) is 6. The van der Waals surface area contributed by atoms with Crippen molar-refractivity contribution in [3.8, 4) is 0 Å². The van der Waals surface area contributed by atoms with Crippen molar-refractivity contribution in [1.82, 2.24) is 15.0 Å². The van der Waals surface area contributed by atoms with E-state index in [-0.39, 0.29) is 25.7 Å². The van der Waals surface area contributed by atoms with Crippen molar-refractivity contribution in [3.63, 3.8) is 0 Å². The van der Waals surface area contributed by atoms with Crippen molar-refractivity contribution in [3.05, 3.63) is 30.7 Å². The van der Waals surface area contributed by atoms with Crippen LogP contribution in [0.4, 0.5) is 41.1 Å². The second kappa shape index (κ2) is 7.52. The molecule has 2 aromatic rings. The first-order valence-electron chi connectivity index (χ1n) is 9.95. The van der Waals surface area contributed by atoms with Gasteiger partial charge in [0.1, 0.15) is 5.82 Å². The summed E-state index contributed by atoms with van der Waals surface area (Å²) in [5.74, 6) is 1.13. The van der Waals surface area contributed by atoms with Crippen LogP contribution in [0.1, 0.15) is 6.42 Å². The lowest BCUT2D eigenvalue weighted by Crippen LogP contribution is -2.50. The van der Waals surface area contributed by atoms with Crippen LogP contribution in [0.2, 0.25) is 0 Å². The van der Waals surface area contributed by atoms with Crippen molar-refractivity contribution >= 4 is 29.2 Å². The Hall–Kier alpha value is -3.15. The number of alkyl halides is 3. The van der Waals surface area contributed by atoms with Gasteiger partial charge in [-0.1, -0.05) is 0 Å². The summed E-state index contributed by atoms with van der Waals surface area (Å²) in [7, 11) is 0. The average molecular weight is 435 g/mol. The zero-order valence-corrected chi connectivity index (χ0v) is 16.4. The SMILES string of the molecule is O=C(Nc1cnccn1)N1c2nc(N3CCOC(C(F)(F)F)C3)ccc2N2CCC1C2. The Bertz CT molecular complexity index is 975. The van der Waals surface area contributed by atoms with Crippen molar-refractivity contribution in [1.29, 1.82) is 0 Å². The minimum absolute atomic E-state index is 0.0471. The average Bonchev–Trinajstić information content (AvgIpc) is 3.18. The lowest BCUT2D eigenvalue weighted by Gasteiger charge is -2.38. The van der Waals surface area contributed by atoms with Crippen molar-refractivity contribution in [2.75, 3.05) is 52.8 Å². The summed E-state index contributed by atoms with van der Waals surface area (Å²) < 4.78 is 44.3. The molecule has 3 aliphatic rings. The van der Waals surface area contributed by atoms with Gasteiger partial charge in [-0.3, -0.25) is 15.2 Å². The highest BCUT2D eigenvalue weighted by Gasteiger charge is 2.44. The van der Waals surface area contributed by atoms with E-state index < -0.39 is 18.3 Å². The van der Waals surface area contributed by atoms with Gasteiger partial charge in [-0.05, 0) is 18.6 Å². The van der Waals surface area contributed by atoms with Crippen LogP contribution in [0, 0.1) is 0 Å². The third-order valence-electron chi connectivity index (χ3n) is 5.71. The molecule has 164 valence electrons. The number of aromatic nitrogens is 3. The Morgan fingerprint density at radius 1 is 1.16 bits per heavy atom. The van der Waals surface area contributed by atoms with Crippen LogP contribution in [0.5, 0.6) is 0 Å². The number of halogens is 3. The number of amides is 2. The number of hydrogen-bond donors (Lipinski definition) is 1. The topological polar surface area (TPSA) is 86.7 Å². The number of fused-ring (bicyclic) bond motifs is 4. The van der Waals surface area contributed by atoms with Gasteiger partial charge in [0.2, 0.25) is 0 Å². The molecule has 2 bridgehead atoms. The van der Waals surface area contributed by atoms with Gasteiger partial charge in [-0.15, -0.1) is 0 Å². The first-order chi connectivity index (χ1) is 14.9. The summed E-state index contributed by atoms with van der Waals surface area (Å²) in [5, 5.41) is 2.73. The molecule has 2 fully saturated rings. The first kappa shape index (κ1) is 19.8. The van der Waals surface area contributed by atoms with Crippen LogP contribution in [0.3, 0.4) is 0 Å². The van der Waals surface area contributed by atoms with E-state index in [1.165, 1.54) is 18.6 Å². The zero-order chi connectivity index (χ0) is 21.6. The van der Waals surface area contributed by atoms with Crippen LogP contribution < -0.4 is 20.0 Å². The fourth-order valence-electron chi connectivity index (χ4n) is 4.23. The van der Waals surface area contributed by atoms with Gasteiger partial charge in [0.15, 0.2) is 17.7 Å². The van der Waals surface area contributed by atoms with E-state index >= 15 is 0 Å². The number of ether oxygens (including phenoxy) is 1. The van der Waals surface area contributed by atoms with E-state index in [9.17, 15) is 18.0 Å². The Balaban J connectivity index is 1.45. The summed E-state index contributed by atoms with van der Waals surface area (Å²) in [6.45, 7) is 1.36. The van der Waals surface area contributed by atoms with E-state index in [0.29, 0.717) is 24.0 Å². The molecule has 12 heteroatoms. The molecule has 0 aromatic carbocycles. The number of rotatable bonds is 2. The number of hydrogen-bond acceptors (Lipinski definition) is 7. The summed E-state index contributed by atoms with van der Waals surface area (Å²) in [4.78, 5) is 31.0. The third-order valence-corrected chi connectivity index (χ3v) is 5.71. The second-order valence-electron chi connectivity index (χ2n) is 7.64. The van der Waals surface area contributed by atoms with Gasteiger partial charge in [-0.25, -0.2) is 14.8 Å². The number of morpholine rings is 1. The maximum atomic E-state index is 13.1. The number of carbonyl (C=O) groups is 1. The molecular weight excluding hydrogens is 415 g/mol. The number of nitrogens with one attached hydrogen (secondary N) is 1. The maximum absolute atomic E-state index is 13.1. The third kappa shape index (κ3) is 3.71. The van der Waals surface area contributed by atoms with Crippen molar-refractivity contribution in [2.45, 2.75) is 24.7 Å². The molecule has 0 radical (unpaired) electrons. The molecule has 5 rings (SSSR count). The standard InChI is InChI=1S/C19H20F3N7O2/c20-19(21,22)14-11-28(7-8-31-14)16-2-1-13-17(26-16)29(12-3-6-27(13)10-12)18(30)25-15-9-23-4-5-24-15/h1-2,4-5,9,12,14H,3,6-8,10-11H2,(H,24,25,30). The molecule has 31 heavy (non-hydrogen) atoms. The van der Waals surface area contributed by atoms with Gasteiger partial charge < -0.3 is 14.5 Å². The maximum Gasteiger partial charge on any atom is 0.416 e. The van der Waals surface area contributed by atoms with Crippen LogP contribution in [-0.2, 0) is 4.74 Å². The molecule has 0 spiro atoms. The Kier molecular flexibility index (Phi) is 4.80. The zero-order valence-electron chi connectivity index (χ0n) is 16.4. The Labute approximate surface area is 175 Å². The van der Waals surface area contributed by atoms with Crippen LogP contribution in [0.15, 0.2) is 30.7 Å².